The van der Waals surface area contributed by atoms with Crippen molar-refractivity contribution >= 4 is 0 Å². The first-order chi connectivity index (χ1) is 10.3. The SMILES string of the molecule is CCCCCCCCCCC=CNCc1ccccc1O. The number of allylic oxidation sites excluding steroid dienone is 1. The molecule has 2 heteroatoms. The third-order valence-electron chi connectivity index (χ3n) is 3.74. The van der Waals surface area contributed by atoms with E-state index in [1.807, 2.05) is 24.4 Å². The van der Waals surface area contributed by atoms with Crippen molar-refractivity contribution in [2.24, 2.45) is 0 Å². The van der Waals surface area contributed by atoms with Gasteiger partial charge in [-0.2, -0.15) is 0 Å². The fourth-order valence-corrected chi connectivity index (χ4v) is 2.39. The van der Waals surface area contributed by atoms with E-state index >= 15 is 0 Å². The molecule has 0 aliphatic rings. The molecule has 0 amide bonds. The van der Waals surface area contributed by atoms with E-state index in [1.165, 1.54) is 51.4 Å². The Hall–Kier alpha value is -1.44. The first kappa shape index (κ1) is 17.6. The third-order valence-corrected chi connectivity index (χ3v) is 3.74. The van der Waals surface area contributed by atoms with Gasteiger partial charge in [0, 0.05) is 12.1 Å². The largest absolute Gasteiger partial charge is 0.508 e. The molecule has 2 nitrogen and oxygen atoms in total. The van der Waals surface area contributed by atoms with Crippen molar-refractivity contribution in [1.29, 1.82) is 0 Å². The zero-order valence-electron chi connectivity index (χ0n) is 13.5. The Labute approximate surface area is 130 Å². The first-order valence-electron chi connectivity index (χ1n) is 8.50. The van der Waals surface area contributed by atoms with Crippen LogP contribution in [0.4, 0.5) is 0 Å². The van der Waals surface area contributed by atoms with Gasteiger partial charge in [-0.05, 0) is 25.1 Å². The second-order valence-electron chi connectivity index (χ2n) is 5.68. The average Bonchev–Trinajstić information content (AvgIpc) is 2.50. The van der Waals surface area contributed by atoms with Crippen LogP contribution in [-0.4, -0.2) is 5.11 Å². The van der Waals surface area contributed by atoms with Gasteiger partial charge in [-0.1, -0.05) is 76.1 Å². The van der Waals surface area contributed by atoms with Gasteiger partial charge in [0.15, 0.2) is 0 Å². The fraction of sp³-hybridized carbons (Fsp3) is 0.579. The van der Waals surface area contributed by atoms with Crippen molar-refractivity contribution in [2.75, 3.05) is 0 Å². The van der Waals surface area contributed by atoms with Crippen molar-refractivity contribution < 1.29 is 5.11 Å². The first-order valence-corrected chi connectivity index (χ1v) is 8.50. The molecule has 1 aromatic rings. The molecule has 1 rings (SSSR count). The monoisotopic (exact) mass is 289 g/mol. The zero-order valence-corrected chi connectivity index (χ0v) is 13.5. The summed E-state index contributed by atoms with van der Waals surface area (Å²) in [4.78, 5) is 0. The van der Waals surface area contributed by atoms with Gasteiger partial charge in [-0.25, -0.2) is 0 Å². The number of unbranched alkanes of at least 4 members (excludes halogenated alkanes) is 8. The van der Waals surface area contributed by atoms with Crippen LogP contribution in [0.25, 0.3) is 0 Å². The summed E-state index contributed by atoms with van der Waals surface area (Å²) >= 11 is 0. The highest BCUT2D eigenvalue weighted by Gasteiger charge is 1.96. The highest BCUT2D eigenvalue weighted by atomic mass is 16.3. The number of rotatable bonds is 12. The summed E-state index contributed by atoms with van der Waals surface area (Å²) in [6.07, 6.45) is 16.3. The minimum atomic E-state index is 0.362. The molecule has 1 aromatic carbocycles. The number of hydrogen-bond donors (Lipinski definition) is 2. The normalized spacial score (nSPS) is 11.1. The number of benzene rings is 1. The van der Waals surface area contributed by atoms with E-state index in [-0.39, 0.29) is 0 Å². The molecular weight excluding hydrogens is 258 g/mol. The topological polar surface area (TPSA) is 32.3 Å². The fourth-order valence-electron chi connectivity index (χ4n) is 2.39. The maximum atomic E-state index is 9.62. The zero-order chi connectivity index (χ0) is 15.2. The van der Waals surface area contributed by atoms with Gasteiger partial charge in [-0.15, -0.1) is 0 Å². The van der Waals surface area contributed by atoms with E-state index in [2.05, 4.69) is 18.3 Å². The van der Waals surface area contributed by atoms with Crippen LogP contribution in [0.3, 0.4) is 0 Å². The van der Waals surface area contributed by atoms with Crippen LogP contribution in [0, 0.1) is 0 Å². The lowest BCUT2D eigenvalue weighted by Crippen LogP contribution is -2.04. The van der Waals surface area contributed by atoms with Crippen LogP contribution < -0.4 is 5.32 Å². The molecule has 0 spiro atoms. The maximum absolute atomic E-state index is 9.62. The molecule has 0 saturated carbocycles. The van der Waals surface area contributed by atoms with Crippen LogP contribution in [0.1, 0.15) is 70.3 Å². The van der Waals surface area contributed by atoms with Crippen molar-refractivity contribution in [3.05, 3.63) is 42.1 Å². The van der Waals surface area contributed by atoms with Gasteiger partial charge in [0.25, 0.3) is 0 Å². The van der Waals surface area contributed by atoms with Gasteiger partial charge in [0.05, 0.1) is 0 Å². The molecule has 21 heavy (non-hydrogen) atoms. The molecule has 0 radical (unpaired) electrons. The van der Waals surface area contributed by atoms with Crippen LogP contribution in [-0.2, 0) is 6.54 Å². The summed E-state index contributed by atoms with van der Waals surface area (Å²) < 4.78 is 0. The van der Waals surface area contributed by atoms with Gasteiger partial charge in [0.1, 0.15) is 5.75 Å². The highest BCUT2D eigenvalue weighted by Crippen LogP contribution is 2.14. The Kier molecular flexibility index (Phi) is 10.3. The highest BCUT2D eigenvalue weighted by molar-refractivity contribution is 5.31. The molecule has 0 fully saturated rings. The van der Waals surface area contributed by atoms with Crippen LogP contribution >= 0.6 is 0 Å². The van der Waals surface area contributed by atoms with Crippen molar-refractivity contribution in [3.63, 3.8) is 0 Å². The molecule has 0 aliphatic carbocycles. The minimum Gasteiger partial charge on any atom is -0.508 e. The Bertz CT molecular complexity index is 387. The lowest BCUT2D eigenvalue weighted by molar-refractivity contribution is 0.467. The second-order valence-corrected chi connectivity index (χ2v) is 5.68. The van der Waals surface area contributed by atoms with Crippen molar-refractivity contribution in [2.45, 2.75) is 71.3 Å². The van der Waals surface area contributed by atoms with Gasteiger partial charge in [0.2, 0.25) is 0 Å². The summed E-state index contributed by atoms with van der Waals surface area (Å²) in [6.45, 7) is 2.94. The summed E-state index contributed by atoms with van der Waals surface area (Å²) in [6, 6.07) is 7.45. The number of phenolic OH excluding ortho intramolecular Hbond substituents is 1. The van der Waals surface area contributed by atoms with E-state index in [0.717, 1.165) is 12.0 Å². The standard InChI is InChI=1S/C19H31NO/c1-2-3-4-5-6-7-8-9-10-13-16-20-17-18-14-11-12-15-19(18)21/h11-16,20-21H,2-10,17H2,1H3. The molecule has 118 valence electrons. The number of para-hydroxylation sites is 1. The quantitative estimate of drug-likeness (QED) is 0.496. The summed E-state index contributed by atoms with van der Waals surface area (Å²) in [5.74, 6) is 0.362. The number of phenols is 1. The second kappa shape index (κ2) is 12.3. The van der Waals surface area contributed by atoms with E-state index in [4.69, 9.17) is 0 Å². The van der Waals surface area contributed by atoms with Gasteiger partial charge >= 0.3 is 0 Å². The Balaban J connectivity index is 1.92. The van der Waals surface area contributed by atoms with Gasteiger partial charge in [-0.3, -0.25) is 0 Å². The number of hydrogen-bond acceptors (Lipinski definition) is 2. The van der Waals surface area contributed by atoms with E-state index in [1.54, 1.807) is 6.07 Å². The van der Waals surface area contributed by atoms with E-state index in [9.17, 15) is 5.11 Å². The Morgan fingerprint density at radius 1 is 0.952 bits per heavy atom. The molecule has 0 unspecified atom stereocenters. The van der Waals surface area contributed by atoms with Crippen molar-refractivity contribution in [1.82, 2.24) is 5.32 Å². The number of aromatic hydroxyl groups is 1. The molecule has 0 saturated heterocycles. The van der Waals surface area contributed by atoms with Crippen LogP contribution in [0.5, 0.6) is 5.75 Å². The van der Waals surface area contributed by atoms with Crippen LogP contribution in [0.2, 0.25) is 0 Å². The Morgan fingerprint density at radius 2 is 1.62 bits per heavy atom. The van der Waals surface area contributed by atoms with E-state index < -0.39 is 0 Å². The lowest BCUT2D eigenvalue weighted by Gasteiger charge is -2.03. The predicted octanol–water partition coefficient (Wildman–Crippen LogP) is 5.53. The summed E-state index contributed by atoms with van der Waals surface area (Å²) in [5.41, 5.74) is 0.939. The number of nitrogens with one attached hydrogen (secondary N) is 1. The minimum absolute atomic E-state index is 0.362. The van der Waals surface area contributed by atoms with Crippen molar-refractivity contribution in [3.8, 4) is 5.75 Å². The molecule has 0 aromatic heterocycles. The van der Waals surface area contributed by atoms with Gasteiger partial charge < -0.3 is 10.4 Å². The predicted molar refractivity (Wildman–Crippen MR) is 91.3 cm³/mol. The average molecular weight is 289 g/mol. The Morgan fingerprint density at radius 3 is 2.33 bits per heavy atom. The molecule has 0 aliphatic heterocycles. The summed E-state index contributed by atoms with van der Waals surface area (Å²) in [5, 5.41) is 12.9. The third kappa shape index (κ3) is 9.17. The van der Waals surface area contributed by atoms with Crippen LogP contribution in [0.15, 0.2) is 36.5 Å². The van der Waals surface area contributed by atoms with E-state index in [0.29, 0.717) is 12.3 Å². The maximum Gasteiger partial charge on any atom is 0.120 e. The molecule has 0 atom stereocenters. The smallest absolute Gasteiger partial charge is 0.120 e. The molecule has 2 N–H and O–H groups in total. The molecular formula is C19H31NO. The molecule has 0 heterocycles. The lowest BCUT2D eigenvalue weighted by atomic mass is 10.1. The summed E-state index contributed by atoms with van der Waals surface area (Å²) in [7, 11) is 0. The molecule has 0 bridgehead atoms.